The number of fused-ring (bicyclic) bond motifs is 1. The maximum Gasteiger partial charge on any atom is 0.251 e. The maximum atomic E-state index is 11.9. The molecule has 0 atom stereocenters. The standard InChI is InChI=1S/C15H16BrNO2/c1-19-14-6-5-11-9-13(4-3-12(11)10-14)15(18)17-8-2-7-16/h3-6,9-10H,2,7-8H2,1H3,(H,17,18). The summed E-state index contributed by atoms with van der Waals surface area (Å²) in [7, 11) is 1.65. The minimum absolute atomic E-state index is 0.0290. The van der Waals surface area contributed by atoms with Crippen molar-refractivity contribution < 1.29 is 9.53 Å². The topological polar surface area (TPSA) is 38.3 Å². The molecule has 0 spiro atoms. The summed E-state index contributed by atoms with van der Waals surface area (Å²) < 4.78 is 5.18. The molecule has 0 saturated carbocycles. The lowest BCUT2D eigenvalue weighted by atomic mass is 10.1. The number of hydrogen-bond acceptors (Lipinski definition) is 2. The van der Waals surface area contributed by atoms with Gasteiger partial charge in [-0.05, 0) is 41.5 Å². The number of benzene rings is 2. The zero-order chi connectivity index (χ0) is 13.7. The number of rotatable bonds is 5. The molecule has 4 heteroatoms. The number of nitrogens with one attached hydrogen (secondary N) is 1. The van der Waals surface area contributed by atoms with E-state index in [9.17, 15) is 4.79 Å². The molecule has 0 aromatic heterocycles. The number of hydrogen-bond donors (Lipinski definition) is 1. The van der Waals surface area contributed by atoms with Gasteiger partial charge >= 0.3 is 0 Å². The van der Waals surface area contributed by atoms with Crippen LogP contribution in [0.3, 0.4) is 0 Å². The van der Waals surface area contributed by atoms with Crippen LogP contribution >= 0.6 is 15.9 Å². The van der Waals surface area contributed by atoms with Crippen LogP contribution in [-0.2, 0) is 0 Å². The molecule has 0 unspecified atom stereocenters. The molecule has 1 amide bonds. The minimum atomic E-state index is -0.0290. The van der Waals surface area contributed by atoms with Crippen LogP contribution in [0.15, 0.2) is 36.4 Å². The molecule has 2 rings (SSSR count). The molecule has 100 valence electrons. The summed E-state index contributed by atoms with van der Waals surface area (Å²) in [5.74, 6) is 0.792. The van der Waals surface area contributed by atoms with Crippen LogP contribution in [0.4, 0.5) is 0 Å². The zero-order valence-corrected chi connectivity index (χ0v) is 12.4. The highest BCUT2D eigenvalue weighted by atomic mass is 79.9. The average Bonchev–Trinajstić information content (AvgIpc) is 2.46. The normalized spacial score (nSPS) is 10.4. The Balaban J connectivity index is 2.19. The fourth-order valence-corrected chi connectivity index (χ4v) is 2.14. The summed E-state index contributed by atoms with van der Waals surface area (Å²) in [4.78, 5) is 11.9. The Morgan fingerprint density at radius 1 is 1.21 bits per heavy atom. The highest BCUT2D eigenvalue weighted by Gasteiger charge is 2.06. The third-order valence-corrected chi connectivity index (χ3v) is 3.47. The first-order valence-corrected chi connectivity index (χ1v) is 7.28. The van der Waals surface area contributed by atoms with Gasteiger partial charge in [0.25, 0.3) is 5.91 Å². The van der Waals surface area contributed by atoms with Crippen molar-refractivity contribution in [2.45, 2.75) is 6.42 Å². The summed E-state index contributed by atoms with van der Waals surface area (Å²) in [5, 5.41) is 5.89. The minimum Gasteiger partial charge on any atom is -0.497 e. The molecule has 3 nitrogen and oxygen atoms in total. The number of amides is 1. The molecule has 0 bridgehead atoms. The summed E-state index contributed by atoms with van der Waals surface area (Å²) in [6.07, 6.45) is 0.927. The maximum absolute atomic E-state index is 11.9. The number of carbonyl (C=O) groups is 1. The number of carbonyl (C=O) groups excluding carboxylic acids is 1. The quantitative estimate of drug-likeness (QED) is 0.677. The third-order valence-electron chi connectivity index (χ3n) is 2.91. The van der Waals surface area contributed by atoms with Gasteiger partial charge in [0.1, 0.15) is 5.75 Å². The van der Waals surface area contributed by atoms with Crippen molar-refractivity contribution in [3.8, 4) is 5.75 Å². The Kier molecular flexibility index (Phi) is 4.80. The van der Waals surface area contributed by atoms with Gasteiger partial charge in [0.15, 0.2) is 0 Å². The molecule has 19 heavy (non-hydrogen) atoms. The highest BCUT2D eigenvalue weighted by molar-refractivity contribution is 9.09. The molecule has 1 N–H and O–H groups in total. The van der Waals surface area contributed by atoms with E-state index in [1.54, 1.807) is 7.11 Å². The first kappa shape index (κ1) is 13.9. The number of alkyl halides is 1. The van der Waals surface area contributed by atoms with E-state index in [-0.39, 0.29) is 5.91 Å². The molecule has 2 aromatic rings. The Hall–Kier alpha value is -1.55. The molecule has 0 aliphatic heterocycles. The molecule has 0 heterocycles. The second-order valence-corrected chi connectivity index (χ2v) is 5.02. The Morgan fingerprint density at radius 2 is 1.95 bits per heavy atom. The smallest absolute Gasteiger partial charge is 0.251 e. The molecular formula is C15H16BrNO2. The van der Waals surface area contributed by atoms with Gasteiger partial charge in [-0.25, -0.2) is 0 Å². The van der Waals surface area contributed by atoms with Crippen molar-refractivity contribution in [2.24, 2.45) is 0 Å². The lowest BCUT2D eigenvalue weighted by molar-refractivity contribution is 0.0954. The molecular weight excluding hydrogens is 306 g/mol. The zero-order valence-electron chi connectivity index (χ0n) is 10.8. The van der Waals surface area contributed by atoms with E-state index in [0.717, 1.165) is 28.3 Å². The predicted molar refractivity (Wildman–Crippen MR) is 81.2 cm³/mol. The van der Waals surface area contributed by atoms with Crippen molar-refractivity contribution in [3.63, 3.8) is 0 Å². The Bertz CT molecular complexity index is 583. The van der Waals surface area contributed by atoms with E-state index in [1.165, 1.54) is 0 Å². The average molecular weight is 322 g/mol. The molecule has 0 aliphatic carbocycles. The first-order valence-electron chi connectivity index (χ1n) is 6.16. The summed E-state index contributed by atoms with van der Waals surface area (Å²) in [6, 6.07) is 11.5. The largest absolute Gasteiger partial charge is 0.497 e. The third kappa shape index (κ3) is 3.47. The van der Waals surface area contributed by atoms with Gasteiger partial charge in [-0.1, -0.05) is 28.1 Å². The summed E-state index contributed by atoms with van der Waals surface area (Å²) in [5.41, 5.74) is 0.687. The van der Waals surface area contributed by atoms with Gasteiger partial charge in [0, 0.05) is 17.4 Å². The van der Waals surface area contributed by atoms with E-state index >= 15 is 0 Å². The van der Waals surface area contributed by atoms with Crippen LogP contribution in [-0.4, -0.2) is 24.9 Å². The van der Waals surface area contributed by atoms with Gasteiger partial charge in [-0.15, -0.1) is 0 Å². The van der Waals surface area contributed by atoms with Crippen molar-refractivity contribution in [1.82, 2.24) is 5.32 Å². The van der Waals surface area contributed by atoms with E-state index in [2.05, 4.69) is 21.2 Å². The lowest BCUT2D eigenvalue weighted by Gasteiger charge is -2.06. The van der Waals surface area contributed by atoms with Gasteiger partial charge < -0.3 is 10.1 Å². The molecule has 0 fully saturated rings. The monoisotopic (exact) mass is 321 g/mol. The van der Waals surface area contributed by atoms with Gasteiger partial charge in [-0.2, -0.15) is 0 Å². The Morgan fingerprint density at radius 3 is 2.68 bits per heavy atom. The van der Waals surface area contributed by atoms with Crippen molar-refractivity contribution >= 4 is 32.6 Å². The van der Waals surface area contributed by atoms with E-state index in [0.29, 0.717) is 12.1 Å². The molecule has 0 radical (unpaired) electrons. The van der Waals surface area contributed by atoms with Crippen LogP contribution in [0.5, 0.6) is 5.75 Å². The molecule has 0 aliphatic rings. The van der Waals surface area contributed by atoms with Gasteiger partial charge in [-0.3, -0.25) is 4.79 Å². The SMILES string of the molecule is COc1ccc2cc(C(=O)NCCCBr)ccc2c1. The van der Waals surface area contributed by atoms with Gasteiger partial charge in [0.05, 0.1) is 7.11 Å². The number of halogens is 1. The van der Waals surface area contributed by atoms with Crippen molar-refractivity contribution in [2.75, 3.05) is 19.0 Å². The Labute approximate surface area is 121 Å². The second kappa shape index (κ2) is 6.57. The van der Waals surface area contributed by atoms with Crippen molar-refractivity contribution in [3.05, 3.63) is 42.0 Å². The van der Waals surface area contributed by atoms with Gasteiger partial charge in [0.2, 0.25) is 0 Å². The molecule has 2 aromatic carbocycles. The summed E-state index contributed by atoms with van der Waals surface area (Å²) in [6.45, 7) is 0.685. The van der Waals surface area contributed by atoms with Crippen LogP contribution in [0, 0.1) is 0 Å². The number of methoxy groups -OCH3 is 1. The second-order valence-electron chi connectivity index (χ2n) is 4.23. The summed E-state index contributed by atoms with van der Waals surface area (Å²) >= 11 is 3.34. The van der Waals surface area contributed by atoms with E-state index < -0.39 is 0 Å². The lowest BCUT2D eigenvalue weighted by Crippen LogP contribution is -2.24. The predicted octanol–water partition coefficient (Wildman–Crippen LogP) is 3.36. The van der Waals surface area contributed by atoms with Crippen LogP contribution in [0.1, 0.15) is 16.8 Å². The first-order chi connectivity index (χ1) is 9.24. The number of ether oxygens (including phenoxy) is 1. The van der Waals surface area contributed by atoms with Crippen LogP contribution < -0.4 is 10.1 Å². The fourth-order valence-electron chi connectivity index (χ4n) is 1.86. The highest BCUT2D eigenvalue weighted by Crippen LogP contribution is 2.21. The van der Waals surface area contributed by atoms with Crippen molar-refractivity contribution in [1.29, 1.82) is 0 Å². The molecule has 0 saturated heterocycles. The van der Waals surface area contributed by atoms with Crippen LogP contribution in [0.25, 0.3) is 10.8 Å². The fraction of sp³-hybridized carbons (Fsp3) is 0.267. The van der Waals surface area contributed by atoms with E-state index in [1.807, 2.05) is 36.4 Å². The van der Waals surface area contributed by atoms with E-state index in [4.69, 9.17) is 4.74 Å². The van der Waals surface area contributed by atoms with Crippen LogP contribution in [0.2, 0.25) is 0 Å².